The summed E-state index contributed by atoms with van der Waals surface area (Å²) in [6.45, 7) is 12.0. The molecule has 6 nitrogen and oxygen atoms in total. The number of hydrogen-bond acceptors (Lipinski definition) is 5. The molecule has 1 aromatic carbocycles. The summed E-state index contributed by atoms with van der Waals surface area (Å²) in [6.07, 6.45) is 5.14. The third-order valence-electron chi connectivity index (χ3n) is 4.51. The van der Waals surface area contributed by atoms with E-state index in [0.717, 1.165) is 44.1 Å². The van der Waals surface area contributed by atoms with E-state index in [1.165, 1.54) is 0 Å². The second-order valence-electron chi connectivity index (χ2n) is 6.36. The lowest BCUT2D eigenvalue weighted by atomic mass is 10.2. The van der Waals surface area contributed by atoms with Gasteiger partial charge in [0.05, 0.1) is 16.8 Å². The fraction of sp³-hybridized carbons (Fsp3) is 0.250. The number of aromatic nitrogens is 1. The largest absolute Gasteiger partial charge is 0.354 e. The van der Waals surface area contributed by atoms with E-state index in [9.17, 15) is 8.42 Å². The zero-order valence-corrected chi connectivity index (χ0v) is 17.3. The lowest BCUT2D eigenvalue weighted by Crippen LogP contribution is -2.46. The van der Waals surface area contributed by atoms with E-state index in [2.05, 4.69) is 32.7 Å². The second-order valence-corrected chi connectivity index (χ2v) is 8.04. The minimum absolute atomic E-state index is 0. The van der Waals surface area contributed by atoms with Crippen molar-refractivity contribution in [1.82, 2.24) is 9.88 Å². The van der Waals surface area contributed by atoms with Gasteiger partial charge in [0, 0.05) is 32.7 Å². The average Bonchev–Trinajstić information content (AvgIpc) is 2.69. The highest BCUT2D eigenvalue weighted by atomic mass is 35.5. The molecule has 150 valence electrons. The molecule has 1 saturated heterocycles. The van der Waals surface area contributed by atoms with E-state index in [4.69, 9.17) is 0 Å². The molecule has 0 unspecified atom stereocenters. The maximum absolute atomic E-state index is 12.5. The Morgan fingerprint density at radius 1 is 1.04 bits per heavy atom. The normalized spacial score (nSPS) is 14.8. The predicted octanol–water partition coefficient (Wildman–Crippen LogP) is 3.26. The van der Waals surface area contributed by atoms with E-state index in [1.807, 2.05) is 12.1 Å². The van der Waals surface area contributed by atoms with Gasteiger partial charge in [0.15, 0.2) is 0 Å². The molecule has 8 heteroatoms. The second kappa shape index (κ2) is 9.73. The number of rotatable bonds is 7. The zero-order chi connectivity index (χ0) is 19.3. The summed E-state index contributed by atoms with van der Waals surface area (Å²) in [7, 11) is -3.64. The number of benzene rings is 1. The van der Waals surface area contributed by atoms with Crippen LogP contribution < -0.4 is 9.62 Å². The van der Waals surface area contributed by atoms with E-state index >= 15 is 0 Å². The van der Waals surface area contributed by atoms with Crippen LogP contribution in [0.25, 0.3) is 6.08 Å². The van der Waals surface area contributed by atoms with Gasteiger partial charge in [0.25, 0.3) is 10.0 Å². The molecule has 3 rings (SSSR count). The number of anilines is 2. The van der Waals surface area contributed by atoms with Crippen LogP contribution in [0, 0.1) is 0 Å². The third-order valence-corrected chi connectivity index (χ3v) is 5.91. The van der Waals surface area contributed by atoms with E-state index in [1.54, 1.807) is 42.6 Å². The highest BCUT2D eigenvalue weighted by Gasteiger charge is 2.18. The topological polar surface area (TPSA) is 65.5 Å². The number of hydrogen-bond donors (Lipinski definition) is 1. The molecule has 1 aromatic heterocycles. The fourth-order valence-corrected chi connectivity index (χ4v) is 4.02. The Balaban J connectivity index is 0.00000280. The van der Waals surface area contributed by atoms with Crippen molar-refractivity contribution in [1.29, 1.82) is 0 Å². The Labute approximate surface area is 173 Å². The summed E-state index contributed by atoms with van der Waals surface area (Å²) in [5, 5.41) is 0. The molecule has 0 saturated carbocycles. The first-order chi connectivity index (χ1) is 13.0. The maximum Gasteiger partial charge on any atom is 0.261 e. The van der Waals surface area contributed by atoms with Crippen molar-refractivity contribution in [3.05, 3.63) is 67.4 Å². The summed E-state index contributed by atoms with van der Waals surface area (Å²) in [5.41, 5.74) is 1.31. The van der Waals surface area contributed by atoms with Crippen LogP contribution in [0.3, 0.4) is 0 Å². The molecule has 1 aliphatic rings. The molecule has 2 heterocycles. The van der Waals surface area contributed by atoms with Crippen molar-refractivity contribution in [2.45, 2.75) is 4.90 Å². The Morgan fingerprint density at radius 3 is 2.25 bits per heavy atom. The van der Waals surface area contributed by atoms with Gasteiger partial charge in [-0.25, -0.2) is 13.4 Å². The average molecular weight is 421 g/mol. The summed E-state index contributed by atoms with van der Waals surface area (Å²) in [6, 6.07) is 10.1. The molecule has 0 bridgehead atoms. The van der Waals surface area contributed by atoms with Gasteiger partial charge in [0.1, 0.15) is 5.82 Å². The Hall–Kier alpha value is -2.35. The SMILES string of the molecule is C=CCN1CCN(c2ccc(NS(=O)(=O)c3ccc(C=C)cc3)cn2)CC1.Cl. The number of halogens is 1. The molecule has 28 heavy (non-hydrogen) atoms. The molecule has 0 radical (unpaired) electrons. The Kier molecular flexibility index (Phi) is 7.62. The number of nitrogens with one attached hydrogen (secondary N) is 1. The van der Waals surface area contributed by atoms with Gasteiger partial charge in [-0.3, -0.25) is 9.62 Å². The predicted molar refractivity (Wildman–Crippen MR) is 118 cm³/mol. The minimum atomic E-state index is -3.64. The van der Waals surface area contributed by atoms with Crippen molar-refractivity contribution in [2.24, 2.45) is 0 Å². The first-order valence-electron chi connectivity index (χ1n) is 8.81. The lowest BCUT2D eigenvalue weighted by molar-refractivity contribution is 0.283. The molecule has 0 amide bonds. The van der Waals surface area contributed by atoms with Gasteiger partial charge in [0.2, 0.25) is 0 Å². The molecule has 0 spiro atoms. The van der Waals surface area contributed by atoms with Gasteiger partial charge >= 0.3 is 0 Å². The van der Waals surface area contributed by atoms with E-state index in [-0.39, 0.29) is 17.3 Å². The smallest absolute Gasteiger partial charge is 0.261 e. The van der Waals surface area contributed by atoms with Gasteiger partial charge in [-0.1, -0.05) is 30.9 Å². The van der Waals surface area contributed by atoms with Crippen LogP contribution >= 0.6 is 12.4 Å². The first-order valence-corrected chi connectivity index (χ1v) is 10.3. The van der Waals surface area contributed by atoms with Crippen molar-refractivity contribution in [3.63, 3.8) is 0 Å². The standard InChI is InChI=1S/C20H24N4O2S.ClH/c1-3-11-23-12-14-24(15-13-23)20-10-7-18(16-21-20)22-27(25,26)19-8-5-17(4-2)6-9-19;/h3-10,16,22H,1-2,11-15H2;1H. The van der Waals surface area contributed by atoms with Crippen molar-refractivity contribution >= 4 is 40.0 Å². The summed E-state index contributed by atoms with van der Waals surface area (Å²) >= 11 is 0. The van der Waals surface area contributed by atoms with Crippen molar-refractivity contribution < 1.29 is 8.42 Å². The number of piperazine rings is 1. The molecule has 0 aliphatic carbocycles. The molecular formula is C20H25ClN4O2S. The van der Waals surface area contributed by atoms with Gasteiger partial charge in [-0.2, -0.15) is 0 Å². The van der Waals surface area contributed by atoms with E-state index in [0.29, 0.717) is 5.69 Å². The zero-order valence-electron chi connectivity index (χ0n) is 15.6. The molecule has 1 N–H and O–H groups in total. The number of sulfonamides is 1. The number of pyridine rings is 1. The third kappa shape index (κ3) is 5.34. The van der Waals surface area contributed by atoms with Crippen LogP contribution in [0.15, 0.2) is 66.7 Å². The van der Waals surface area contributed by atoms with Crippen LogP contribution in [-0.2, 0) is 10.0 Å². The molecule has 1 aliphatic heterocycles. The van der Waals surface area contributed by atoms with Crippen molar-refractivity contribution in [3.8, 4) is 0 Å². The maximum atomic E-state index is 12.5. The molecular weight excluding hydrogens is 396 g/mol. The highest BCUT2D eigenvalue weighted by molar-refractivity contribution is 7.92. The lowest BCUT2D eigenvalue weighted by Gasteiger charge is -2.34. The van der Waals surface area contributed by atoms with Gasteiger partial charge in [-0.05, 0) is 29.8 Å². The van der Waals surface area contributed by atoms with E-state index < -0.39 is 10.0 Å². The quantitative estimate of drug-likeness (QED) is 0.696. The minimum Gasteiger partial charge on any atom is -0.354 e. The Bertz CT molecular complexity index is 891. The summed E-state index contributed by atoms with van der Waals surface area (Å²) < 4.78 is 27.6. The Morgan fingerprint density at radius 2 is 1.71 bits per heavy atom. The number of nitrogens with zero attached hydrogens (tertiary/aromatic N) is 3. The highest BCUT2D eigenvalue weighted by Crippen LogP contribution is 2.19. The summed E-state index contributed by atoms with van der Waals surface area (Å²) in [5.74, 6) is 0.853. The summed E-state index contributed by atoms with van der Waals surface area (Å²) in [4.78, 5) is 9.17. The molecule has 2 aromatic rings. The monoisotopic (exact) mass is 420 g/mol. The van der Waals surface area contributed by atoms with Gasteiger partial charge < -0.3 is 4.90 Å². The molecule has 1 fully saturated rings. The van der Waals surface area contributed by atoms with Crippen molar-refractivity contribution in [2.75, 3.05) is 42.3 Å². The first kappa shape index (κ1) is 21.9. The van der Waals surface area contributed by atoms with Crippen LogP contribution in [0.5, 0.6) is 0 Å². The van der Waals surface area contributed by atoms with Crippen LogP contribution in [0.2, 0.25) is 0 Å². The fourth-order valence-electron chi connectivity index (χ4n) is 2.97. The van der Waals surface area contributed by atoms with Crippen LogP contribution in [0.1, 0.15) is 5.56 Å². The van der Waals surface area contributed by atoms with Crippen LogP contribution in [-0.4, -0.2) is 51.0 Å². The molecule has 0 atom stereocenters. The van der Waals surface area contributed by atoms with Gasteiger partial charge in [-0.15, -0.1) is 19.0 Å². The van der Waals surface area contributed by atoms with Crippen LogP contribution in [0.4, 0.5) is 11.5 Å².